The van der Waals surface area contributed by atoms with Gasteiger partial charge in [-0.1, -0.05) is 0 Å². The van der Waals surface area contributed by atoms with E-state index in [0.29, 0.717) is 33.0 Å². The van der Waals surface area contributed by atoms with Crippen LogP contribution in [0.5, 0.6) is 5.75 Å². The smallest absolute Gasteiger partial charge is 0.254 e. The van der Waals surface area contributed by atoms with E-state index in [4.69, 9.17) is 14.2 Å². The molecule has 1 aromatic carbocycles. The average molecular weight is 279 g/mol. The molecule has 1 aliphatic heterocycles. The van der Waals surface area contributed by atoms with E-state index in [1.807, 2.05) is 30.0 Å². The normalized spacial score (nSPS) is 13.7. The monoisotopic (exact) mass is 279 g/mol. The fraction of sp³-hybridized carbons (Fsp3) is 0.533. The molecule has 1 aromatic rings. The molecule has 0 atom stereocenters. The molecule has 1 amide bonds. The Balaban J connectivity index is 1.82. The minimum Gasteiger partial charge on any atom is -0.491 e. The molecule has 5 heteroatoms. The van der Waals surface area contributed by atoms with Gasteiger partial charge >= 0.3 is 0 Å². The van der Waals surface area contributed by atoms with Gasteiger partial charge in [0.15, 0.2) is 0 Å². The number of hydrogen-bond donors (Lipinski definition) is 0. The number of ether oxygens (including phenoxy) is 3. The molecule has 0 unspecified atom stereocenters. The molecular formula is C15H21NO4. The lowest BCUT2D eigenvalue weighted by Crippen LogP contribution is -2.22. The van der Waals surface area contributed by atoms with Crippen molar-refractivity contribution in [1.82, 2.24) is 4.90 Å². The molecule has 0 spiro atoms. The van der Waals surface area contributed by atoms with E-state index in [1.54, 1.807) is 7.11 Å². The molecule has 1 aliphatic rings. The van der Waals surface area contributed by atoms with Gasteiger partial charge in [-0.25, -0.2) is 0 Å². The van der Waals surface area contributed by atoms with Gasteiger partial charge in [-0.05, 0) is 30.7 Å². The molecule has 1 heterocycles. The lowest BCUT2D eigenvalue weighted by molar-refractivity contribution is 0.0544. The summed E-state index contributed by atoms with van der Waals surface area (Å²) < 4.78 is 15.8. The van der Waals surface area contributed by atoms with Gasteiger partial charge in [-0.15, -0.1) is 0 Å². The summed E-state index contributed by atoms with van der Waals surface area (Å²) in [6.07, 6.45) is 0. The first-order valence-electron chi connectivity index (χ1n) is 6.88. The van der Waals surface area contributed by atoms with Crippen molar-refractivity contribution in [2.45, 2.75) is 13.5 Å². The van der Waals surface area contributed by atoms with Crippen LogP contribution < -0.4 is 4.74 Å². The summed E-state index contributed by atoms with van der Waals surface area (Å²) >= 11 is 0. The van der Waals surface area contributed by atoms with E-state index in [0.717, 1.165) is 23.4 Å². The summed E-state index contributed by atoms with van der Waals surface area (Å²) in [7, 11) is 1.64. The molecule has 2 rings (SSSR count). The largest absolute Gasteiger partial charge is 0.491 e. The molecule has 0 aliphatic carbocycles. The van der Waals surface area contributed by atoms with Gasteiger partial charge in [-0.3, -0.25) is 4.79 Å². The van der Waals surface area contributed by atoms with Crippen molar-refractivity contribution in [3.63, 3.8) is 0 Å². The number of carbonyl (C=O) groups is 1. The molecule has 0 fully saturated rings. The van der Waals surface area contributed by atoms with Crippen LogP contribution in [-0.2, 0) is 16.0 Å². The van der Waals surface area contributed by atoms with Crippen molar-refractivity contribution in [2.24, 2.45) is 0 Å². The summed E-state index contributed by atoms with van der Waals surface area (Å²) in [4.78, 5) is 13.8. The molecule has 0 radical (unpaired) electrons. The van der Waals surface area contributed by atoms with Gasteiger partial charge in [0.2, 0.25) is 0 Å². The minimum atomic E-state index is 0.108. The number of amides is 1. The molecule has 0 N–H and O–H groups in total. The van der Waals surface area contributed by atoms with Crippen LogP contribution in [0.25, 0.3) is 0 Å². The minimum absolute atomic E-state index is 0.108. The van der Waals surface area contributed by atoms with Gasteiger partial charge in [0.05, 0.1) is 19.8 Å². The topological polar surface area (TPSA) is 48.0 Å². The third-order valence-corrected chi connectivity index (χ3v) is 3.27. The summed E-state index contributed by atoms with van der Waals surface area (Å²) in [5.74, 6) is 0.891. The fourth-order valence-corrected chi connectivity index (χ4v) is 2.17. The number of nitrogens with zero attached hydrogens (tertiary/aromatic N) is 1. The Labute approximate surface area is 119 Å². The zero-order chi connectivity index (χ0) is 14.4. The van der Waals surface area contributed by atoms with Crippen LogP contribution in [0.1, 0.15) is 22.8 Å². The maximum Gasteiger partial charge on any atom is 0.254 e. The van der Waals surface area contributed by atoms with E-state index < -0.39 is 0 Å². The van der Waals surface area contributed by atoms with Gasteiger partial charge in [-0.2, -0.15) is 0 Å². The molecule has 0 aromatic heterocycles. The molecule has 5 nitrogen and oxygen atoms in total. The summed E-state index contributed by atoms with van der Waals surface area (Å²) in [5, 5.41) is 0. The number of carbonyl (C=O) groups excluding carboxylic acids is 1. The predicted octanol–water partition coefficient (Wildman–Crippen LogP) is 1.70. The fourth-order valence-electron chi connectivity index (χ4n) is 2.17. The Kier molecular flexibility index (Phi) is 5.38. The van der Waals surface area contributed by atoms with Crippen molar-refractivity contribution in [3.8, 4) is 5.75 Å². The first-order valence-corrected chi connectivity index (χ1v) is 6.88. The van der Waals surface area contributed by atoms with Crippen molar-refractivity contribution in [3.05, 3.63) is 29.3 Å². The molecule has 0 bridgehead atoms. The van der Waals surface area contributed by atoms with Crippen LogP contribution in [0.2, 0.25) is 0 Å². The van der Waals surface area contributed by atoms with E-state index in [9.17, 15) is 4.79 Å². The van der Waals surface area contributed by atoms with Crippen molar-refractivity contribution < 1.29 is 19.0 Å². The number of benzene rings is 1. The highest BCUT2D eigenvalue weighted by Crippen LogP contribution is 2.26. The van der Waals surface area contributed by atoms with E-state index in [2.05, 4.69) is 0 Å². The Morgan fingerprint density at radius 1 is 1.20 bits per heavy atom. The lowest BCUT2D eigenvalue weighted by atomic mass is 10.1. The highest BCUT2D eigenvalue weighted by Gasteiger charge is 2.26. The number of hydrogen-bond acceptors (Lipinski definition) is 4. The highest BCUT2D eigenvalue weighted by molar-refractivity contribution is 5.98. The van der Waals surface area contributed by atoms with Crippen LogP contribution in [0.4, 0.5) is 0 Å². The third-order valence-electron chi connectivity index (χ3n) is 3.27. The predicted molar refractivity (Wildman–Crippen MR) is 75.0 cm³/mol. The van der Waals surface area contributed by atoms with Crippen LogP contribution in [0.3, 0.4) is 0 Å². The second-order valence-corrected chi connectivity index (χ2v) is 4.59. The van der Waals surface area contributed by atoms with Gasteiger partial charge < -0.3 is 19.1 Å². The highest BCUT2D eigenvalue weighted by atomic mass is 16.5. The van der Waals surface area contributed by atoms with Crippen LogP contribution in [0.15, 0.2) is 18.2 Å². The van der Waals surface area contributed by atoms with Crippen molar-refractivity contribution in [1.29, 1.82) is 0 Å². The van der Waals surface area contributed by atoms with E-state index >= 15 is 0 Å². The van der Waals surface area contributed by atoms with Crippen molar-refractivity contribution in [2.75, 3.05) is 40.1 Å². The summed E-state index contributed by atoms with van der Waals surface area (Å²) in [5.41, 5.74) is 1.82. The lowest BCUT2D eigenvalue weighted by Gasteiger charge is -2.10. The van der Waals surface area contributed by atoms with Crippen LogP contribution in [0, 0.1) is 0 Å². The molecule has 0 saturated heterocycles. The zero-order valence-corrected chi connectivity index (χ0v) is 12.1. The molecule has 110 valence electrons. The van der Waals surface area contributed by atoms with Crippen molar-refractivity contribution >= 4 is 5.91 Å². The molecule has 20 heavy (non-hydrogen) atoms. The third kappa shape index (κ3) is 3.49. The Bertz CT molecular complexity index is 461. The van der Waals surface area contributed by atoms with Gasteiger partial charge in [0.25, 0.3) is 5.91 Å². The summed E-state index contributed by atoms with van der Waals surface area (Å²) in [6, 6.07) is 5.62. The van der Waals surface area contributed by atoms with Gasteiger partial charge in [0.1, 0.15) is 12.4 Å². The second kappa shape index (κ2) is 7.26. The first kappa shape index (κ1) is 14.8. The number of methoxy groups -OCH3 is 1. The first-order chi connectivity index (χ1) is 9.76. The maximum atomic E-state index is 12.0. The SMILES string of the molecule is CCN1Cc2cc(OCCOCCOC)ccc2C1=O. The van der Waals surface area contributed by atoms with Crippen LogP contribution >= 0.6 is 0 Å². The van der Waals surface area contributed by atoms with Crippen LogP contribution in [-0.4, -0.2) is 50.9 Å². The zero-order valence-electron chi connectivity index (χ0n) is 12.1. The second-order valence-electron chi connectivity index (χ2n) is 4.59. The maximum absolute atomic E-state index is 12.0. The molecular weight excluding hydrogens is 258 g/mol. The van der Waals surface area contributed by atoms with E-state index in [-0.39, 0.29) is 5.91 Å². The number of fused-ring (bicyclic) bond motifs is 1. The quantitative estimate of drug-likeness (QED) is 0.680. The number of rotatable bonds is 8. The summed E-state index contributed by atoms with van der Waals surface area (Å²) in [6.45, 7) is 5.58. The average Bonchev–Trinajstić information content (AvgIpc) is 2.79. The van der Waals surface area contributed by atoms with E-state index in [1.165, 1.54) is 0 Å². The molecule has 0 saturated carbocycles. The Morgan fingerprint density at radius 3 is 2.75 bits per heavy atom. The Morgan fingerprint density at radius 2 is 2.00 bits per heavy atom. The Hall–Kier alpha value is -1.59. The standard InChI is InChI=1S/C15H21NO4/c1-3-16-11-12-10-13(4-5-14(12)15(16)17)20-9-8-19-7-6-18-2/h4-5,10H,3,6-9,11H2,1-2H3. The van der Waals surface area contributed by atoms with Gasteiger partial charge in [0, 0.05) is 25.8 Å².